The molecule has 5 heteroatoms. The molecule has 0 bridgehead atoms. The summed E-state index contributed by atoms with van der Waals surface area (Å²) in [4.78, 5) is 24.0. The molecule has 1 heterocycles. The number of rotatable bonds is 2. The molecule has 1 aliphatic rings. The number of carbonyl (C=O) groups excluding carboxylic acids is 2. The van der Waals surface area contributed by atoms with Crippen molar-refractivity contribution in [2.24, 2.45) is 5.73 Å². The van der Waals surface area contributed by atoms with Crippen molar-refractivity contribution in [2.45, 2.75) is 30.6 Å². The molecule has 2 amide bonds. The Morgan fingerprint density at radius 3 is 2.31 bits per heavy atom. The smallest absolute Gasteiger partial charge is 0.240 e. The summed E-state index contributed by atoms with van der Waals surface area (Å²) in [7, 11) is 0. The molecular weight excluding hydrogens is 236 g/mol. The Labute approximate surface area is 85.6 Å². The first kappa shape index (κ1) is 10.5. The third kappa shape index (κ3) is 2.02. The Hall–Kier alpha value is -0.580. The van der Waals surface area contributed by atoms with Gasteiger partial charge in [-0.05, 0) is 20.3 Å². The van der Waals surface area contributed by atoms with Crippen LogP contribution in [-0.4, -0.2) is 33.6 Å². The van der Waals surface area contributed by atoms with E-state index in [1.807, 2.05) is 0 Å². The molecule has 0 saturated carbocycles. The van der Waals surface area contributed by atoms with Gasteiger partial charge in [0.2, 0.25) is 11.8 Å². The molecule has 0 aromatic carbocycles. The maximum Gasteiger partial charge on any atom is 0.240 e. The quantitative estimate of drug-likeness (QED) is 0.713. The average molecular weight is 249 g/mol. The number of nitrogens with two attached hydrogens (primary N) is 1. The van der Waals surface area contributed by atoms with E-state index in [4.69, 9.17) is 5.73 Å². The highest BCUT2D eigenvalue weighted by molar-refractivity contribution is 9.10. The van der Waals surface area contributed by atoms with Crippen LogP contribution in [0.2, 0.25) is 0 Å². The van der Waals surface area contributed by atoms with Crippen LogP contribution in [0.3, 0.4) is 0 Å². The number of nitrogens with zero attached hydrogens (tertiary/aromatic N) is 1. The highest BCUT2D eigenvalue weighted by Crippen LogP contribution is 2.26. The van der Waals surface area contributed by atoms with Crippen molar-refractivity contribution < 1.29 is 9.59 Å². The zero-order chi connectivity index (χ0) is 10.2. The normalized spacial score (nSPS) is 22.4. The molecule has 1 aliphatic heterocycles. The number of amides is 2. The van der Waals surface area contributed by atoms with Crippen molar-refractivity contribution in [1.29, 1.82) is 0 Å². The Balaban J connectivity index is 2.65. The predicted octanol–water partition coefficient (Wildman–Crippen LogP) is 0.246. The van der Waals surface area contributed by atoms with Crippen LogP contribution in [0.4, 0.5) is 0 Å². The van der Waals surface area contributed by atoms with Crippen LogP contribution >= 0.6 is 15.9 Å². The molecular formula is C8H13BrN2O2. The van der Waals surface area contributed by atoms with Gasteiger partial charge in [-0.2, -0.15) is 0 Å². The van der Waals surface area contributed by atoms with Crippen LogP contribution in [-0.2, 0) is 9.59 Å². The van der Waals surface area contributed by atoms with E-state index >= 15 is 0 Å². The summed E-state index contributed by atoms with van der Waals surface area (Å²) in [6.07, 6.45) is 0.685. The SMILES string of the molecule is CC(C)(Br)C(=O)N1CCC1C(N)=O. The maximum absolute atomic E-state index is 11.6. The standard InChI is InChI=1S/C8H13BrN2O2/c1-8(2,9)7(13)11-4-3-5(11)6(10)12/h5H,3-4H2,1-2H3,(H2,10,12). The van der Waals surface area contributed by atoms with Crippen molar-refractivity contribution in [2.75, 3.05) is 6.54 Å². The first-order chi connectivity index (χ1) is 5.84. The van der Waals surface area contributed by atoms with E-state index in [1.165, 1.54) is 4.90 Å². The van der Waals surface area contributed by atoms with Crippen molar-refractivity contribution in [1.82, 2.24) is 4.90 Å². The molecule has 1 saturated heterocycles. The lowest BCUT2D eigenvalue weighted by Gasteiger charge is -2.41. The largest absolute Gasteiger partial charge is 0.368 e. The number of alkyl halides is 1. The first-order valence-corrected chi connectivity index (χ1v) is 4.92. The van der Waals surface area contributed by atoms with Gasteiger partial charge in [0.15, 0.2) is 0 Å². The minimum Gasteiger partial charge on any atom is -0.368 e. The molecule has 0 aromatic rings. The monoisotopic (exact) mass is 248 g/mol. The number of hydrogen-bond donors (Lipinski definition) is 1. The maximum atomic E-state index is 11.6. The number of likely N-dealkylation sites (tertiary alicyclic amines) is 1. The lowest BCUT2D eigenvalue weighted by Crippen LogP contribution is -2.60. The Kier molecular flexibility index (Phi) is 2.66. The van der Waals surface area contributed by atoms with E-state index in [2.05, 4.69) is 15.9 Å². The van der Waals surface area contributed by atoms with E-state index in [0.29, 0.717) is 13.0 Å². The zero-order valence-electron chi connectivity index (χ0n) is 7.71. The molecule has 1 rings (SSSR count). The van der Waals surface area contributed by atoms with Gasteiger partial charge in [0.1, 0.15) is 6.04 Å². The lowest BCUT2D eigenvalue weighted by molar-refractivity contribution is -0.147. The predicted molar refractivity (Wildman–Crippen MR) is 52.3 cm³/mol. The third-order valence-corrected chi connectivity index (χ3v) is 2.46. The molecule has 74 valence electrons. The molecule has 1 atom stereocenters. The van der Waals surface area contributed by atoms with Crippen LogP contribution in [0.15, 0.2) is 0 Å². The molecule has 0 aliphatic carbocycles. The molecule has 0 aromatic heterocycles. The molecule has 13 heavy (non-hydrogen) atoms. The van der Waals surface area contributed by atoms with Crippen molar-refractivity contribution in [3.05, 3.63) is 0 Å². The van der Waals surface area contributed by atoms with Gasteiger partial charge >= 0.3 is 0 Å². The van der Waals surface area contributed by atoms with Gasteiger partial charge in [0.05, 0.1) is 4.32 Å². The van der Waals surface area contributed by atoms with Gasteiger partial charge in [-0.3, -0.25) is 9.59 Å². The van der Waals surface area contributed by atoms with Crippen molar-refractivity contribution >= 4 is 27.7 Å². The van der Waals surface area contributed by atoms with Crippen LogP contribution < -0.4 is 5.73 Å². The number of hydrogen-bond acceptors (Lipinski definition) is 2. The van der Waals surface area contributed by atoms with Gasteiger partial charge in [0.25, 0.3) is 0 Å². The summed E-state index contributed by atoms with van der Waals surface area (Å²) in [6.45, 7) is 4.14. The second-order valence-electron chi connectivity index (χ2n) is 3.68. The fourth-order valence-corrected chi connectivity index (χ4v) is 1.50. The fraction of sp³-hybridized carbons (Fsp3) is 0.750. The summed E-state index contributed by atoms with van der Waals surface area (Å²) in [5.41, 5.74) is 5.12. The van der Waals surface area contributed by atoms with Gasteiger partial charge in [-0.15, -0.1) is 0 Å². The number of carbonyl (C=O) groups is 2. The zero-order valence-corrected chi connectivity index (χ0v) is 9.30. The van der Waals surface area contributed by atoms with E-state index in [9.17, 15) is 9.59 Å². The highest BCUT2D eigenvalue weighted by Gasteiger charge is 2.41. The van der Waals surface area contributed by atoms with Gasteiger partial charge in [-0.25, -0.2) is 0 Å². The van der Waals surface area contributed by atoms with E-state index in [-0.39, 0.29) is 5.91 Å². The number of halogens is 1. The summed E-state index contributed by atoms with van der Waals surface area (Å²) in [6, 6.07) is -0.399. The average Bonchev–Trinajstić information content (AvgIpc) is 1.80. The van der Waals surface area contributed by atoms with Crippen molar-refractivity contribution in [3.8, 4) is 0 Å². The van der Waals surface area contributed by atoms with Crippen molar-refractivity contribution in [3.63, 3.8) is 0 Å². The van der Waals surface area contributed by atoms with Crippen LogP contribution in [0.25, 0.3) is 0 Å². The van der Waals surface area contributed by atoms with Gasteiger partial charge in [0, 0.05) is 6.54 Å². The van der Waals surface area contributed by atoms with Gasteiger partial charge in [-0.1, -0.05) is 15.9 Å². The second-order valence-corrected chi connectivity index (χ2v) is 5.66. The Bertz CT molecular complexity index is 247. The van der Waals surface area contributed by atoms with Crippen LogP contribution in [0, 0.1) is 0 Å². The topological polar surface area (TPSA) is 63.4 Å². The van der Waals surface area contributed by atoms with Crippen LogP contribution in [0.1, 0.15) is 20.3 Å². The lowest BCUT2D eigenvalue weighted by atomic mass is 10.00. The summed E-state index contributed by atoms with van der Waals surface area (Å²) >= 11 is 3.25. The minimum absolute atomic E-state index is 0.0810. The molecule has 1 fully saturated rings. The Morgan fingerprint density at radius 2 is 2.08 bits per heavy atom. The molecule has 0 radical (unpaired) electrons. The first-order valence-electron chi connectivity index (χ1n) is 4.13. The summed E-state index contributed by atoms with van der Waals surface area (Å²) in [5.74, 6) is -0.501. The van der Waals surface area contributed by atoms with Gasteiger partial charge < -0.3 is 10.6 Å². The molecule has 2 N–H and O–H groups in total. The minimum atomic E-state index is -0.610. The van der Waals surface area contributed by atoms with E-state index < -0.39 is 16.3 Å². The summed E-state index contributed by atoms with van der Waals surface area (Å²) < 4.78 is -0.610. The molecule has 1 unspecified atom stereocenters. The van der Waals surface area contributed by atoms with E-state index in [1.54, 1.807) is 13.8 Å². The molecule has 0 spiro atoms. The summed E-state index contributed by atoms with van der Waals surface area (Å²) in [5, 5.41) is 0. The number of primary amides is 1. The highest BCUT2D eigenvalue weighted by atomic mass is 79.9. The third-order valence-electron chi connectivity index (χ3n) is 2.12. The second kappa shape index (κ2) is 3.29. The van der Waals surface area contributed by atoms with Crippen LogP contribution in [0.5, 0.6) is 0 Å². The fourth-order valence-electron chi connectivity index (χ4n) is 1.27. The molecule has 4 nitrogen and oxygen atoms in total. The van der Waals surface area contributed by atoms with E-state index in [0.717, 1.165) is 0 Å². The Morgan fingerprint density at radius 1 is 1.54 bits per heavy atom.